The highest BCUT2D eigenvalue weighted by Crippen LogP contribution is 2.27. The van der Waals surface area contributed by atoms with E-state index in [1.54, 1.807) is 0 Å². The van der Waals surface area contributed by atoms with Crippen molar-refractivity contribution in [3.8, 4) is 0 Å². The van der Waals surface area contributed by atoms with Crippen molar-refractivity contribution < 1.29 is 4.79 Å². The normalized spacial score (nSPS) is 18.8. The van der Waals surface area contributed by atoms with E-state index in [1.165, 1.54) is 12.8 Å². The fourth-order valence-electron chi connectivity index (χ4n) is 1.14. The van der Waals surface area contributed by atoms with Gasteiger partial charge in [-0.05, 0) is 25.8 Å². The molecule has 1 unspecified atom stereocenters. The van der Waals surface area contributed by atoms with E-state index < -0.39 is 0 Å². The van der Waals surface area contributed by atoms with Crippen LogP contribution in [0.1, 0.15) is 19.8 Å². The summed E-state index contributed by atoms with van der Waals surface area (Å²) in [5.74, 6) is 1.04. The van der Waals surface area contributed by atoms with Crippen molar-refractivity contribution in [3.05, 3.63) is 0 Å². The van der Waals surface area contributed by atoms with E-state index in [0.29, 0.717) is 0 Å². The number of nitrogens with one attached hydrogen (secondary N) is 2. The second kappa shape index (κ2) is 4.45. The predicted molar refractivity (Wildman–Crippen MR) is 48.8 cm³/mol. The first-order valence-electron chi connectivity index (χ1n) is 4.66. The molecule has 0 saturated heterocycles. The highest BCUT2D eigenvalue weighted by molar-refractivity contribution is 5.78. The predicted octanol–water partition coefficient (Wildman–Crippen LogP) is 0.368. The van der Waals surface area contributed by atoms with Gasteiger partial charge in [-0.15, -0.1) is 0 Å². The highest BCUT2D eigenvalue weighted by atomic mass is 16.1. The van der Waals surface area contributed by atoms with Crippen LogP contribution in [-0.2, 0) is 4.79 Å². The molecule has 1 saturated carbocycles. The molecule has 3 nitrogen and oxygen atoms in total. The van der Waals surface area contributed by atoms with E-state index in [1.807, 2.05) is 14.0 Å². The fourth-order valence-corrected chi connectivity index (χ4v) is 1.14. The van der Waals surface area contributed by atoms with Crippen LogP contribution in [0, 0.1) is 11.8 Å². The zero-order valence-corrected chi connectivity index (χ0v) is 7.89. The van der Waals surface area contributed by atoms with E-state index in [0.717, 1.165) is 19.0 Å². The number of hydrogen-bond donors (Lipinski definition) is 2. The van der Waals surface area contributed by atoms with Gasteiger partial charge in [-0.3, -0.25) is 4.79 Å². The van der Waals surface area contributed by atoms with Crippen molar-refractivity contribution in [2.75, 3.05) is 20.1 Å². The van der Waals surface area contributed by atoms with Crippen LogP contribution in [0.5, 0.6) is 0 Å². The number of hydrogen-bond acceptors (Lipinski definition) is 2. The Morgan fingerprint density at radius 2 is 2.25 bits per heavy atom. The Hall–Kier alpha value is -0.570. The maximum atomic E-state index is 11.3. The van der Waals surface area contributed by atoms with Gasteiger partial charge in [0.05, 0.1) is 0 Å². The van der Waals surface area contributed by atoms with Crippen LogP contribution in [0.4, 0.5) is 0 Å². The summed E-state index contributed by atoms with van der Waals surface area (Å²) in [7, 11) is 1.87. The second-order valence-corrected chi connectivity index (χ2v) is 3.65. The Morgan fingerprint density at radius 1 is 1.58 bits per heavy atom. The Labute approximate surface area is 73.9 Å². The summed E-state index contributed by atoms with van der Waals surface area (Å²) < 4.78 is 0. The van der Waals surface area contributed by atoms with E-state index in [2.05, 4.69) is 10.6 Å². The highest BCUT2D eigenvalue weighted by Gasteiger charge is 2.22. The second-order valence-electron chi connectivity index (χ2n) is 3.65. The lowest BCUT2D eigenvalue weighted by atomic mass is 10.1. The molecule has 70 valence electrons. The number of rotatable bonds is 5. The molecule has 1 aliphatic carbocycles. The van der Waals surface area contributed by atoms with Gasteiger partial charge in [-0.25, -0.2) is 0 Å². The first-order valence-corrected chi connectivity index (χ1v) is 4.66. The molecule has 0 radical (unpaired) electrons. The zero-order valence-electron chi connectivity index (χ0n) is 7.89. The molecule has 0 spiro atoms. The quantitative estimate of drug-likeness (QED) is 0.626. The molecule has 0 aliphatic heterocycles. The average Bonchev–Trinajstić information content (AvgIpc) is 2.83. The summed E-state index contributed by atoms with van der Waals surface area (Å²) in [5, 5.41) is 5.94. The topological polar surface area (TPSA) is 41.1 Å². The summed E-state index contributed by atoms with van der Waals surface area (Å²) in [6.07, 6.45) is 2.58. The third kappa shape index (κ3) is 3.22. The maximum Gasteiger partial charge on any atom is 0.224 e. The van der Waals surface area contributed by atoms with Crippen molar-refractivity contribution >= 4 is 5.91 Å². The van der Waals surface area contributed by atoms with Crippen LogP contribution in [0.15, 0.2) is 0 Å². The molecular weight excluding hydrogens is 152 g/mol. The monoisotopic (exact) mass is 170 g/mol. The van der Waals surface area contributed by atoms with E-state index in [4.69, 9.17) is 0 Å². The molecule has 12 heavy (non-hydrogen) atoms. The molecule has 0 aromatic carbocycles. The molecule has 1 fully saturated rings. The summed E-state index contributed by atoms with van der Waals surface area (Å²) >= 11 is 0. The molecule has 1 amide bonds. The molecule has 1 rings (SSSR count). The molecule has 0 aromatic heterocycles. The maximum absolute atomic E-state index is 11.3. The lowest BCUT2D eigenvalue weighted by Gasteiger charge is -2.10. The van der Waals surface area contributed by atoms with Crippen LogP contribution < -0.4 is 10.6 Å². The first-order chi connectivity index (χ1) is 5.74. The third-order valence-corrected chi connectivity index (χ3v) is 2.22. The first kappa shape index (κ1) is 9.52. The standard InChI is InChI=1S/C9H18N2O/c1-7(5-10-2)9(12)11-6-8-3-4-8/h7-8,10H,3-6H2,1-2H3,(H,11,12). The summed E-state index contributed by atoms with van der Waals surface area (Å²) in [6, 6.07) is 0. The molecular formula is C9H18N2O. The van der Waals surface area contributed by atoms with E-state index in [9.17, 15) is 4.79 Å². The number of amides is 1. The van der Waals surface area contributed by atoms with E-state index in [-0.39, 0.29) is 11.8 Å². The lowest BCUT2D eigenvalue weighted by Crippen LogP contribution is -2.35. The molecule has 2 N–H and O–H groups in total. The van der Waals surface area contributed by atoms with Crippen molar-refractivity contribution in [1.82, 2.24) is 10.6 Å². The molecule has 0 aromatic rings. The average molecular weight is 170 g/mol. The molecule has 1 aliphatic rings. The fraction of sp³-hybridized carbons (Fsp3) is 0.889. The van der Waals surface area contributed by atoms with Gasteiger partial charge in [0.1, 0.15) is 0 Å². The number of carbonyl (C=O) groups is 1. The van der Waals surface area contributed by atoms with Gasteiger partial charge < -0.3 is 10.6 Å². The van der Waals surface area contributed by atoms with Gasteiger partial charge in [-0.1, -0.05) is 6.92 Å². The van der Waals surface area contributed by atoms with Gasteiger partial charge in [-0.2, -0.15) is 0 Å². The van der Waals surface area contributed by atoms with Crippen LogP contribution in [0.25, 0.3) is 0 Å². The van der Waals surface area contributed by atoms with Crippen LogP contribution in [0.2, 0.25) is 0 Å². The molecule has 3 heteroatoms. The minimum Gasteiger partial charge on any atom is -0.356 e. The minimum absolute atomic E-state index is 0.0914. The minimum atomic E-state index is 0.0914. The van der Waals surface area contributed by atoms with Gasteiger partial charge in [0, 0.05) is 19.0 Å². The summed E-state index contributed by atoms with van der Waals surface area (Å²) in [4.78, 5) is 11.3. The van der Waals surface area contributed by atoms with Crippen molar-refractivity contribution in [3.63, 3.8) is 0 Å². The Bertz CT molecular complexity index is 155. The van der Waals surface area contributed by atoms with Crippen molar-refractivity contribution in [2.45, 2.75) is 19.8 Å². The van der Waals surface area contributed by atoms with Gasteiger partial charge >= 0.3 is 0 Å². The Kier molecular flexibility index (Phi) is 3.53. The largest absolute Gasteiger partial charge is 0.356 e. The third-order valence-electron chi connectivity index (χ3n) is 2.22. The van der Waals surface area contributed by atoms with Crippen molar-refractivity contribution in [2.24, 2.45) is 11.8 Å². The van der Waals surface area contributed by atoms with E-state index >= 15 is 0 Å². The number of carbonyl (C=O) groups excluding carboxylic acids is 1. The Morgan fingerprint density at radius 3 is 2.75 bits per heavy atom. The lowest BCUT2D eigenvalue weighted by molar-refractivity contribution is -0.124. The van der Waals surface area contributed by atoms with Gasteiger partial charge in [0.2, 0.25) is 5.91 Å². The van der Waals surface area contributed by atoms with Crippen molar-refractivity contribution in [1.29, 1.82) is 0 Å². The smallest absolute Gasteiger partial charge is 0.224 e. The van der Waals surface area contributed by atoms with Gasteiger partial charge in [0.15, 0.2) is 0 Å². The van der Waals surface area contributed by atoms with Gasteiger partial charge in [0.25, 0.3) is 0 Å². The zero-order chi connectivity index (χ0) is 8.97. The SMILES string of the molecule is CNCC(C)C(=O)NCC1CC1. The van der Waals surface area contributed by atoms with Crippen LogP contribution in [-0.4, -0.2) is 26.0 Å². The van der Waals surface area contributed by atoms with Crippen LogP contribution >= 0.6 is 0 Å². The molecule has 1 atom stereocenters. The van der Waals surface area contributed by atoms with Crippen LogP contribution in [0.3, 0.4) is 0 Å². The molecule has 0 heterocycles. The summed E-state index contributed by atoms with van der Waals surface area (Å²) in [5.41, 5.74) is 0. The Balaban J connectivity index is 2.07. The molecule has 0 bridgehead atoms. The summed E-state index contributed by atoms with van der Waals surface area (Å²) in [6.45, 7) is 3.59.